The van der Waals surface area contributed by atoms with Crippen LogP contribution in [-0.2, 0) is 10.0 Å². The molecule has 1 heterocycles. The van der Waals surface area contributed by atoms with Crippen molar-refractivity contribution in [3.63, 3.8) is 0 Å². The third-order valence-electron chi connectivity index (χ3n) is 3.55. The Morgan fingerprint density at radius 3 is 2.32 bits per heavy atom. The van der Waals surface area contributed by atoms with E-state index in [9.17, 15) is 8.42 Å². The van der Waals surface area contributed by atoms with E-state index in [-0.39, 0.29) is 4.90 Å². The molecule has 128 valence electrons. The number of benzene rings is 2. The highest BCUT2D eigenvalue weighted by atomic mass is 35.5. The van der Waals surface area contributed by atoms with Crippen molar-refractivity contribution in [1.82, 2.24) is 4.98 Å². The van der Waals surface area contributed by atoms with E-state index in [1.807, 2.05) is 31.2 Å². The lowest BCUT2D eigenvalue weighted by Crippen LogP contribution is -2.13. The van der Waals surface area contributed by atoms with Gasteiger partial charge in [0.15, 0.2) is 0 Å². The lowest BCUT2D eigenvalue weighted by atomic mass is 10.2. The van der Waals surface area contributed by atoms with Crippen LogP contribution in [0.3, 0.4) is 0 Å². The summed E-state index contributed by atoms with van der Waals surface area (Å²) >= 11 is 5.78. The van der Waals surface area contributed by atoms with Crippen LogP contribution < -0.4 is 10.0 Å². The van der Waals surface area contributed by atoms with Gasteiger partial charge in [0, 0.05) is 10.7 Å². The molecule has 0 saturated carbocycles. The molecule has 0 radical (unpaired) electrons. The molecule has 0 unspecified atom stereocenters. The van der Waals surface area contributed by atoms with Gasteiger partial charge in [-0.05, 0) is 55.0 Å². The van der Waals surface area contributed by atoms with Crippen molar-refractivity contribution < 1.29 is 8.42 Å². The van der Waals surface area contributed by atoms with Crippen LogP contribution in [0.15, 0.2) is 71.8 Å². The van der Waals surface area contributed by atoms with Crippen LogP contribution in [0.4, 0.5) is 17.2 Å². The minimum atomic E-state index is -3.68. The standard InChI is InChI=1S/C18H16ClN3O2S/c1-13-4-2-3-5-17(13)21-18-11-8-15(12-20-18)22-25(23,24)16-9-6-14(19)7-10-16/h2-12,22H,1H3,(H,20,21). The Hall–Kier alpha value is -2.57. The van der Waals surface area contributed by atoms with Gasteiger partial charge in [0.05, 0.1) is 16.8 Å². The molecule has 1 aromatic heterocycles. The summed E-state index contributed by atoms with van der Waals surface area (Å²) < 4.78 is 27.2. The highest BCUT2D eigenvalue weighted by molar-refractivity contribution is 7.92. The number of aryl methyl sites for hydroxylation is 1. The Bertz CT molecular complexity index is 972. The monoisotopic (exact) mass is 373 g/mol. The molecule has 0 saturated heterocycles. The number of anilines is 3. The van der Waals surface area contributed by atoms with Gasteiger partial charge in [0.1, 0.15) is 5.82 Å². The van der Waals surface area contributed by atoms with Crippen molar-refractivity contribution in [3.05, 3.63) is 77.4 Å². The number of hydrogen-bond donors (Lipinski definition) is 2. The Labute approximate surface area is 151 Å². The van der Waals surface area contributed by atoms with E-state index in [0.717, 1.165) is 11.3 Å². The molecule has 3 rings (SSSR count). The molecule has 2 aromatic carbocycles. The molecule has 0 fully saturated rings. The maximum atomic E-state index is 12.3. The van der Waals surface area contributed by atoms with Gasteiger partial charge in [-0.15, -0.1) is 0 Å². The van der Waals surface area contributed by atoms with Crippen LogP contribution in [-0.4, -0.2) is 13.4 Å². The molecule has 0 bridgehead atoms. The summed E-state index contributed by atoms with van der Waals surface area (Å²) in [5.74, 6) is 0.628. The number of nitrogens with zero attached hydrogens (tertiary/aromatic N) is 1. The maximum Gasteiger partial charge on any atom is 0.261 e. The maximum absolute atomic E-state index is 12.3. The van der Waals surface area contributed by atoms with Gasteiger partial charge >= 0.3 is 0 Å². The first-order chi connectivity index (χ1) is 11.9. The lowest BCUT2D eigenvalue weighted by Gasteiger charge is -2.10. The highest BCUT2D eigenvalue weighted by Gasteiger charge is 2.14. The predicted octanol–water partition coefficient (Wildman–Crippen LogP) is 4.59. The van der Waals surface area contributed by atoms with E-state index < -0.39 is 10.0 Å². The second kappa shape index (κ2) is 7.13. The molecule has 0 amide bonds. The lowest BCUT2D eigenvalue weighted by molar-refractivity contribution is 0.601. The van der Waals surface area contributed by atoms with Crippen molar-refractivity contribution in [1.29, 1.82) is 0 Å². The third kappa shape index (κ3) is 4.29. The third-order valence-corrected chi connectivity index (χ3v) is 5.20. The van der Waals surface area contributed by atoms with E-state index in [1.165, 1.54) is 30.5 Å². The molecule has 5 nitrogen and oxygen atoms in total. The van der Waals surface area contributed by atoms with Gasteiger partial charge in [-0.3, -0.25) is 4.72 Å². The minimum absolute atomic E-state index is 0.138. The molecule has 2 N–H and O–H groups in total. The van der Waals surface area contributed by atoms with Crippen LogP contribution in [0.25, 0.3) is 0 Å². The number of hydrogen-bond acceptors (Lipinski definition) is 4. The fourth-order valence-corrected chi connectivity index (χ4v) is 3.38. The van der Waals surface area contributed by atoms with Gasteiger partial charge in [-0.25, -0.2) is 13.4 Å². The molecule has 0 aliphatic heterocycles. The first kappa shape index (κ1) is 17.3. The van der Waals surface area contributed by atoms with Crippen molar-refractivity contribution in [2.24, 2.45) is 0 Å². The van der Waals surface area contributed by atoms with Gasteiger partial charge in [-0.1, -0.05) is 29.8 Å². The summed E-state index contributed by atoms with van der Waals surface area (Å²) in [6.07, 6.45) is 1.47. The van der Waals surface area contributed by atoms with E-state index in [0.29, 0.717) is 16.5 Å². The van der Waals surface area contributed by atoms with Crippen molar-refractivity contribution >= 4 is 38.8 Å². The molecule has 0 aliphatic carbocycles. The molecular formula is C18H16ClN3O2S. The number of para-hydroxylation sites is 1. The second-order valence-electron chi connectivity index (χ2n) is 5.43. The second-order valence-corrected chi connectivity index (χ2v) is 7.55. The summed E-state index contributed by atoms with van der Waals surface area (Å²) in [5.41, 5.74) is 2.42. The Morgan fingerprint density at radius 1 is 0.960 bits per heavy atom. The molecule has 0 atom stereocenters. The molecule has 7 heteroatoms. The number of halogens is 1. The van der Waals surface area contributed by atoms with Crippen LogP contribution in [0.5, 0.6) is 0 Å². The molecular weight excluding hydrogens is 358 g/mol. The fraction of sp³-hybridized carbons (Fsp3) is 0.0556. The normalized spacial score (nSPS) is 11.1. The van der Waals surface area contributed by atoms with Gasteiger partial charge < -0.3 is 5.32 Å². The zero-order chi connectivity index (χ0) is 17.9. The minimum Gasteiger partial charge on any atom is -0.340 e. The van der Waals surface area contributed by atoms with E-state index >= 15 is 0 Å². The number of aromatic nitrogens is 1. The largest absolute Gasteiger partial charge is 0.340 e. The first-order valence-corrected chi connectivity index (χ1v) is 9.37. The number of pyridine rings is 1. The number of nitrogens with one attached hydrogen (secondary N) is 2. The molecule has 3 aromatic rings. The van der Waals surface area contributed by atoms with Gasteiger partial charge in [0.2, 0.25) is 0 Å². The van der Waals surface area contributed by atoms with Gasteiger partial charge in [-0.2, -0.15) is 0 Å². The highest BCUT2D eigenvalue weighted by Crippen LogP contribution is 2.21. The SMILES string of the molecule is Cc1ccccc1Nc1ccc(NS(=O)(=O)c2ccc(Cl)cc2)cn1. The van der Waals surface area contributed by atoms with E-state index in [1.54, 1.807) is 12.1 Å². The first-order valence-electron chi connectivity index (χ1n) is 7.51. The average molecular weight is 374 g/mol. The molecule has 0 spiro atoms. The van der Waals surface area contributed by atoms with Crippen LogP contribution in [0.1, 0.15) is 5.56 Å². The Balaban J connectivity index is 1.74. The van der Waals surface area contributed by atoms with E-state index in [2.05, 4.69) is 15.0 Å². The average Bonchev–Trinajstić information content (AvgIpc) is 2.59. The fourth-order valence-electron chi connectivity index (χ4n) is 2.21. The number of sulfonamides is 1. The summed E-state index contributed by atoms with van der Waals surface area (Å²) in [5, 5.41) is 3.68. The van der Waals surface area contributed by atoms with Crippen LogP contribution in [0.2, 0.25) is 5.02 Å². The quantitative estimate of drug-likeness (QED) is 0.686. The summed E-state index contributed by atoms with van der Waals surface area (Å²) in [6, 6.07) is 17.2. The topological polar surface area (TPSA) is 71.1 Å². The zero-order valence-electron chi connectivity index (χ0n) is 13.4. The van der Waals surface area contributed by atoms with E-state index in [4.69, 9.17) is 11.6 Å². The zero-order valence-corrected chi connectivity index (χ0v) is 15.0. The van der Waals surface area contributed by atoms with Gasteiger partial charge in [0.25, 0.3) is 10.0 Å². The smallest absolute Gasteiger partial charge is 0.261 e. The summed E-state index contributed by atoms with van der Waals surface area (Å²) in [7, 11) is -3.68. The predicted molar refractivity (Wildman–Crippen MR) is 101 cm³/mol. The van der Waals surface area contributed by atoms with Crippen molar-refractivity contribution in [2.45, 2.75) is 11.8 Å². The summed E-state index contributed by atoms with van der Waals surface area (Å²) in [6.45, 7) is 2.00. The Morgan fingerprint density at radius 2 is 1.68 bits per heavy atom. The van der Waals surface area contributed by atoms with Crippen LogP contribution in [0, 0.1) is 6.92 Å². The number of rotatable bonds is 5. The molecule has 0 aliphatic rings. The van der Waals surface area contributed by atoms with Crippen molar-refractivity contribution in [3.8, 4) is 0 Å². The Kier molecular flexibility index (Phi) is 4.92. The summed E-state index contributed by atoms with van der Waals surface area (Å²) in [4.78, 5) is 4.39. The van der Waals surface area contributed by atoms with Crippen LogP contribution >= 0.6 is 11.6 Å². The molecule has 25 heavy (non-hydrogen) atoms. The van der Waals surface area contributed by atoms with Crippen molar-refractivity contribution in [2.75, 3.05) is 10.0 Å².